The van der Waals surface area contributed by atoms with E-state index in [0.717, 1.165) is 66.1 Å². The van der Waals surface area contributed by atoms with Gasteiger partial charge in [0.25, 0.3) is 11.8 Å². The molecule has 13 rings (SSSR count). The second-order valence-corrected chi connectivity index (χ2v) is 21.6. The first-order chi connectivity index (χ1) is 36.2. The number of nitriles is 1. The van der Waals surface area contributed by atoms with Gasteiger partial charge in [0.2, 0.25) is 0 Å². The first-order valence-electron chi connectivity index (χ1n) is 26.1. The Morgan fingerprint density at radius 3 is 2.04 bits per heavy atom. The molecule has 75 heavy (non-hydrogen) atoms. The van der Waals surface area contributed by atoms with Crippen molar-refractivity contribution in [2.75, 3.05) is 26.8 Å². The molecule has 2 aromatic carbocycles. The number of pyridine rings is 2. The number of methoxy groups -OCH3 is 1. The van der Waals surface area contributed by atoms with Crippen molar-refractivity contribution in [2.45, 2.75) is 95.7 Å². The van der Waals surface area contributed by atoms with Crippen LogP contribution in [0.2, 0.25) is 0 Å². The maximum Gasteiger partial charge on any atom is 0.254 e. The monoisotopic (exact) mass is 1020 g/mol. The predicted octanol–water partition coefficient (Wildman–Crippen LogP) is 7.56. The number of piperidine rings is 1. The molecular formula is C56H61F2N13O4. The van der Waals surface area contributed by atoms with Crippen molar-refractivity contribution in [1.29, 1.82) is 5.26 Å². The van der Waals surface area contributed by atoms with E-state index in [0.29, 0.717) is 82.7 Å². The third-order valence-corrected chi connectivity index (χ3v) is 16.6. The van der Waals surface area contributed by atoms with E-state index in [1.165, 1.54) is 31.2 Å². The smallest absolute Gasteiger partial charge is 0.254 e. The first kappa shape index (κ1) is 48.7. The lowest BCUT2D eigenvalue weighted by Crippen LogP contribution is -2.49. The number of nitrogens with two attached hydrogens (primary N) is 2. The lowest BCUT2D eigenvalue weighted by Gasteiger charge is -2.33. The van der Waals surface area contributed by atoms with E-state index in [9.17, 15) is 14.0 Å². The van der Waals surface area contributed by atoms with Crippen LogP contribution in [0.15, 0.2) is 67.0 Å². The minimum Gasteiger partial charge on any atom is -0.494 e. The molecule has 2 amide bonds. The van der Waals surface area contributed by atoms with E-state index in [4.69, 9.17) is 36.2 Å². The number of nitrogens with zero attached hydrogens (tertiary/aromatic N) is 11. The predicted molar refractivity (Wildman–Crippen MR) is 279 cm³/mol. The number of aryl methyl sites for hydroxylation is 2. The molecule has 7 atom stereocenters. The molecule has 388 valence electrons. The highest BCUT2D eigenvalue weighted by Crippen LogP contribution is 2.42. The van der Waals surface area contributed by atoms with Gasteiger partial charge < -0.3 is 49.0 Å². The topological polar surface area (TPSA) is 206 Å². The lowest BCUT2D eigenvalue weighted by molar-refractivity contribution is -0.00551. The minimum absolute atomic E-state index is 0.101. The van der Waals surface area contributed by atoms with Gasteiger partial charge in [-0.1, -0.05) is 6.92 Å². The molecule has 0 radical (unpaired) electrons. The van der Waals surface area contributed by atoms with Crippen LogP contribution in [0.5, 0.6) is 5.75 Å². The van der Waals surface area contributed by atoms with Crippen LogP contribution in [-0.4, -0.2) is 117 Å². The van der Waals surface area contributed by atoms with E-state index in [-0.39, 0.29) is 59.5 Å². The molecule has 4 N–H and O–H groups in total. The number of ether oxygens (including phenoxy) is 2. The number of rotatable bonds is 12. The Balaban J connectivity index is 0.000000153. The number of hydrogen-bond donors (Lipinski definition) is 2. The van der Waals surface area contributed by atoms with Crippen molar-refractivity contribution >= 4 is 55.9 Å². The molecule has 5 aliphatic rings. The van der Waals surface area contributed by atoms with Crippen molar-refractivity contribution in [2.24, 2.45) is 49.2 Å². The van der Waals surface area contributed by atoms with Gasteiger partial charge in [0.1, 0.15) is 39.7 Å². The average Bonchev–Trinajstić information content (AvgIpc) is 4.15. The molecule has 2 aliphatic heterocycles. The Bertz CT molecular complexity index is 3620. The second kappa shape index (κ2) is 18.8. The van der Waals surface area contributed by atoms with Gasteiger partial charge in [-0.3, -0.25) is 9.59 Å². The Hall–Kier alpha value is -7.27. The fraction of sp³-hybridized carbons (Fsp3) is 0.446. The van der Waals surface area contributed by atoms with Crippen molar-refractivity contribution in [1.82, 2.24) is 48.0 Å². The van der Waals surface area contributed by atoms with Crippen molar-refractivity contribution in [3.8, 4) is 34.9 Å². The quantitative estimate of drug-likeness (QED) is 0.114. The summed E-state index contributed by atoms with van der Waals surface area (Å²) in [4.78, 5) is 49.5. The summed E-state index contributed by atoms with van der Waals surface area (Å²) in [5, 5.41) is 10.7. The Morgan fingerprint density at radius 2 is 1.41 bits per heavy atom. The minimum atomic E-state index is -0.509. The molecule has 8 aromatic rings. The van der Waals surface area contributed by atoms with Crippen LogP contribution in [0.25, 0.3) is 67.2 Å². The molecule has 3 aliphatic carbocycles. The van der Waals surface area contributed by atoms with Crippen molar-refractivity contribution in [3.63, 3.8) is 0 Å². The fourth-order valence-corrected chi connectivity index (χ4v) is 12.2. The van der Waals surface area contributed by atoms with Crippen LogP contribution in [0.3, 0.4) is 0 Å². The summed E-state index contributed by atoms with van der Waals surface area (Å²) in [6.07, 6.45) is 8.79. The van der Waals surface area contributed by atoms with Crippen LogP contribution in [0.1, 0.15) is 73.1 Å². The van der Waals surface area contributed by atoms with Gasteiger partial charge in [0, 0.05) is 86.5 Å². The van der Waals surface area contributed by atoms with Crippen molar-refractivity contribution in [3.05, 3.63) is 89.8 Å². The van der Waals surface area contributed by atoms with Crippen molar-refractivity contribution < 1.29 is 27.8 Å². The van der Waals surface area contributed by atoms with E-state index in [2.05, 4.69) is 32.7 Å². The highest BCUT2D eigenvalue weighted by atomic mass is 19.1. The maximum atomic E-state index is 15.4. The molecule has 3 saturated carbocycles. The number of halogens is 2. The molecule has 2 bridgehead atoms. The van der Waals surface area contributed by atoms with E-state index < -0.39 is 11.6 Å². The van der Waals surface area contributed by atoms with Gasteiger partial charge in [-0.15, -0.1) is 0 Å². The summed E-state index contributed by atoms with van der Waals surface area (Å²) in [5.74, 6) is 2.28. The van der Waals surface area contributed by atoms with Crippen LogP contribution in [-0.2, 0) is 31.9 Å². The van der Waals surface area contributed by atoms with Gasteiger partial charge in [0.15, 0.2) is 11.6 Å². The zero-order valence-electron chi connectivity index (χ0n) is 42.8. The number of benzene rings is 2. The summed E-state index contributed by atoms with van der Waals surface area (Å²) in [6, 6.07) is 17.6. The largest absolute Gasteiger partial charge is 0.494 e. The van der Waals surface area contributed by atoms with Crippen LogP contribution in [0, 0.1) is 46.6 Å². The van der Waals surface area contributed by atoms with E-state index in [1.54, 1.807) is 35.8 Å². The Morgan fingerprint density at radius 1 is 0.787 bits per heavy atom. The van der Waals surface area contributed by atoms with Gasteiger partial charge >= 0.3 is 0 Å². The zero-order chi connectivity index (χ0) is 52.1. The SMILES string of the molecule is CC1CN(C(=O)c2cc(F)c3c(c2)nc(-c2cc4cc(F)cnc4n2CC2CC2)n3C)C(C)C1N.COc1cc(C(=O)N2C[C@H]3C[C@H](OCCC#N)[C@@H]2[C@@H]3N)cc2nc(-c3cc4cccnc4n3CC3CC3)n(C)c12. The highest BCUT2D eigenvalue weighted by Gasteiger charge is 2.53. The summed E-state index contributed by atoms with van der Waals surface area (Å²) in [6.45, 7) is 7.10. The first-order valence-corrected chi connectivity index (χ1v) is 26.1. The second-order valence-electron chi connectivity index (χ2n) is 21.6. The molecule has 3 unspecified atom stereocenters. The molecule has 0 spiro atoms. The van der Waals surface area contributed by atoms with E-state index in [1.807, 2.05) is 59.3 Å². The summed E-state index contributed by atoms with van der Waals surface area (Å²) in [7, 11) is 5.37. The third-order valence-electron chi connectivity index (χ3n) is 16.6. The summed E-state index contributed by atoms with van der Waals surface area (Å²) in [5.41, 5.74) is 19.2. The molecular weight excluding hydrogens is 957 g/mol. The zero-order valence-corrected chi connectivity index (χ0v) is 42.8. The molecule has 19 heteroatoms. The molecule has 5 fully saturated rings. The highest BCUT2D eigenvalue weighted by molar-refractivity contribution is 6.01. The Labute approximate surface area is 432 Å². The average molecular weight is 1020 g/mol. The van der Waals surface area contributed by atoms with Gasteiger partial charge in [0.05, 0.1) is 67.0 Å². The third kappa shape index (κ3) is 8.47. The number of likely N-dealkylation sites (tertiary alicyclic amines) is 2. The molecule has 8 heterocycles. The number of carbonyl (C=O) groups excluding carboxylic acids is 2. The summed E-state index contributed by atoms with van der Waals surface area (Å²) >= 11 is 0. The lowest BCUT2D eigenvalue weighted by atomic mass is 10.0. The molecule has 17 nitrogen and oxygen atoms in total. The summed E-state index contributed by atoms with van der Waals surface area (Å²) < 4.78 is 49.1. The number of imidazole rings is 2. The Kier molecular flexibility index (Phi) is 12.2. The van der Waals surface area contributed by atoms with Crippen LogP contribution in [0.4, 0.5) is 8.78 Å². The van der Waals surface area contributed by atoms with Gasteiger partial charge in [-0.25, -0.2) is 28.7 Å². The molecule has 2 saturated heterocycles. The van der Waals surface area contributed by atoms with E-state index >= 15 is 4.39 Å². The van der Waals surface area contributed by atoms with Gasteiger partial charge in [-0.05, 0) is 117 Å². The fourth-order valence-electron chi connectivity index (χ4n) is 12.2. The number of carbonyl (C=O) groups is 2. The van der Waals surface area contributed by atoms with Crippen LogP contribution < -0.4 is 16.2 Å². The van der Waals surface area contributed by atoms with Gasteiger partial charge in [-0.2, -0.15) is 5.26 Å². The normalized spacial score (nSPS) is 23.2. The molecule has 6 aromatic heterocycles. The standard InChI is InChI=1S/C30H33N7O3.C26H28F2N6O/c1-35-26-21(34-29(35)22-12-18-5-3-9-33-28(18)36(22)15-17-6-7-17)11-19(13-23(26)39-2)30(38)37-16-20-14-24(27(37)25(20)32)40-10-4-8-31;1-13-11-33(14(2)22(13)29)26(35)17-7-19(28)23-20(8-17)31-25(32(23)3)21-9-16-6-18(27)10-30-24(16)34(21)12-15-4-5-15/h3,5,9,11-13,17,20,24-25,27H,4,6-7,10,14-16,32H2,1-2H3;6-10,13-15,22H,4-5,11-12,29H2,1-3H3/t20-,24+,25-,27-;/m1./s1. The number of hydrogen-bond acceptors (Lipinski definition) is 11. The number of amides is 2. The number of fused-ring (bicyclic) bond motifs is 6. The maximum absolute atomic E-state index is 15.4. The number of aromatic nitrogens is 8. The van der Waals surface area contributed by atoms with Crippen LogP contribution >= 0.6 is 0 Å².